The van der Waals surface area contributed by atoms with Gasteiger partial charge in [-0.2, -0.15) is 0 Å². The molecule has 4 rings (SSSR count). The van der Waals surface area contributed by atoms with E-state index in [0.29, 0.717) is 5.41 Å². The van der Waals surface area contributed by atoms with Gasteiger partial charge in [0.2, 0.25) is 0 Å². The lowest BCUT2D eigenvalue weighted by Gasteiger charge is -2.30. The molecule has 1 N–H and O–H groups in total. The third-order valence-corrected chi connectivity index (χ3v) is 7.62. The predicted octanol–water partition coefficient (Wildman–Crippen LogP) is 7.49. The van der Waals surface area contributed by atoms with E-state index in [1.54, 1.807) is 4.88 Å². The molecule has 0 fully saturated rings. The van der Waals surface area contributed by atoms with Gasteiger partial charge in [0.25, 0.3) is 0 Å². The van der Waals surface area contributed by atoms with E-state index in [-0.39, 0.29) is 0 Å². The first kappa shape index (κ1) is 21.4. The van der Waals surface area contributed by atoms with Crippen LogP contribution in [-0.2, 0) is 25.8 Å². The molecule has 0 amide bonds. The highest BCUT2D eigenvalue weighted by Gasteiger charge is 2.31. The summed E-state index contributed by atoms with van der Waals surface area (Å²) in [5.41, 5.74) is 9.78. The van der Waals surface area contributed by atoms with E-state index < -0.39 is 0 Å². The van der Waals surface area contributed by atoms with Crippen molar-refractivity contribution in [3.8, 4) is 10.4 Å². The average molecular weight is 434 g/mol. The van der Waals surface area contributed by atoms with Crippen molar-refractivity contribution in [1.29, 1.82) is 0 Å². The van der Waals surface area contributed by atoms with Crippen LogP contribution < -0.4 is 4.72 Å². The average Bonchev–Trinajstić information content (AvgIpc) is 3.07. The zero-order valence-electron chi connectivity index (χ0n) is 18.2. The fraction of sp³-hybridized carbons (Fsp3) is 0.333. The molecular formula is C27H31NS2. The number of nitrogens with one attached hydrogen (secondary N) is 1. The first-order valence-corrected chi connectivity index (χ1v) is 12.0. The Morgan fingerprint density at radius 3 is 2.60 bits per heavy atom. The molecular weight excluding hydrogens is 402 g/mol. The van der Waals surface area contributed by atoms with E-state index >= 15 is 0 Å². The zero-order valence-corrected chi connectivity index (χ0v) is 19.9. The van der Waals surface area contributed by atoms with Gasteiger partial charge in [-0.1, -0.05) is 75.7 Å². The Labute approximate surface area is 190 Å². The van der Waals surface area contributed by atoms with Crippen LogP contribution in [0.15, 0.2) is 55.1 Å². The van der Waals surface area contributed by atoms with E-state index in [1.807, 2.05) is 11.3 Å². The summed E-state index contributed by atoms with van der Waals surface area (Å²) in [4.78, 5) is 2.94. The van der Waals surface area contributed by atoms with Gasteiger partial charge >= 0.3 is 0 Å². The maximum Gasteiger partial charge on any atom is 0.0426 e. The minimum atomic E-state index is 0.361. The zero-order chi connectivity index (χ0) is 21.3. The van der Waals surface area contributed by atoms with Crippen LogP contribution in [-0.4, -0.2) is 0 Å². The maximum atomic E-state index is 4.38. The summed E-state index contributed by atoms with van der Waals surface area (Å²) in [6.07, 6.45) is 4.53. The molecule has 2 aromatic carbocycles. The molecule has 0 saturated heterocycles. The second-order valence-corrected chi connectivity index (χ2v) is 10.7. The largest absolute Gasteiger partial charge is 0.262 e. The number of fused-ring (bicyclic) bond motifs is 1. The molecule has 0 unspecified atom stereocenters. The Morgan fingerprint density at radius 1 is 1.13 bits per heavy atom. The molecule has 0 aliphatic heterocycles. The van der Waals surface area contributed by atoms with Crippen molar-refractivity contribution in [2.45, 2.75) is 53.0 Å². The number of thiophene rings is 1. The second kappa shape index (κ2) is 8.74. The van der Waals surface area contributed by atoms with Crippen LogP contribution in [0.2, 0.25) is 0 Å². The van der Waals surface area contributed by atoms with Crippen molar-refractivity contribution < 1.29 is 0 Å². The molecule has 0 saturated carbocycles. The number of hydrogen-bond acceptors (Lipinski definition) is 3. The highest BCUT2D eigenvalue weighted by Crippen LogP contribution is 2.48. The molecule has 1 aliphatic rings. The Hall–Kier alpha value is -1.81. The summed E-state index contributed by atoms with van der Waals surface area (Å²) in [5, 5.41) is 0. The monoisotopic (exact) mass is 433 g/mol. The lowest BCUT2D eigenvalue weighted by Crippen LogP contribution is -2.21. The highest BCUT2D eigenvalue weighted by atomic mass is 32.1. The van der Waals surface area contributed by atoms with Crippen LogP contribution in [0.25, 0.3) is 16.0 Å². The van der Waals surface area contributed by atoms with Gasteiger partial charge in [-0.15, -0.1) is 11.3 Å². The molecule has 3 heteroatoms. The van der Waals surface area contributed by atoms with Crippen LogP contribution >= 0.6 is 24.2 Å². The molecule has 30 heavy (non-hydrogen) atoms. The molecule has 156 valence electrons. The van der Waals surface area contributed by atoms with Gasteiger partial charge in [0.1, 0.15) is 0 Å². The summed E-state index contributed by atoms with van der Waals surface area (Å²) < 4.78 is 3.06. The van der Waals surface area contributed by atoms with Crippen molar-refractivity contribution >= 4 is 29.7 Å². The van der Waals surface area contributed by atoms with Crippen LogP contribution in [0, 0.1) is 5.41 Å². The molecule has 3 aromatic rings. The first-order chi connectivity index (χ1) is 14.4. The minimum absolute atomic E-state index is 0.361. The van der Waals surface area contributed by atoms with E-state index in [2.05, 4.69) is 93.4 Å². The van der Waals surface area contributed by atoms with Crippen molar-refractivity contribution in [2.75, 3.05) is 0 Å². The van der Waals surface area contributed by atoms with Gasteiger partial charge in [-0.3, -0.25) is 4.72 Å². The van der Waals surface area contributed by atoms with E-state index in [4.69, 9.17) is 0 Å². The number of thiol groups is 1. The van der Waals surface area contributed by atoms with E-state index in [9.17, 15) is 0 Å². The van der Waals surface area contributed by atoms with Gasteiger partial charge in [-0.25, -0.2) is 0 Å². The molecule has 1 heterocycles. The molecule has 0 radical (unpaired) electrons. The highest BCUT2D eigenvalue weighted by molar-refractivity contribution is 7.78. The van der Waals surface area contributed by atoms with Crippen LogP contribution in [0.1, 0.15) is 59.9 Å². The lowest BCUT2D eigenvalue weighted by atomic mass is 9.75. The number of allylic oxidation sites excluding steroid dienone is 1. The first-order valence-electron chi connectivity index (χ1n) is 10.7. The molecule has 1 aliphatic carbocycles. The van der Waals surface area contributed by atoms with Gasteiger partial charge < -0.3 is 0 Å². The second-order valence-electron chi connectivity index (χ2n) is 9.32. The fourth-order valence-corrected chi connectivity index (χ4v) is 6.19. The summed E-state index contributed by atoms with van der Waals surface area (Å²) >= 11 is 6.28. The minimum Gasteiger partial charge on any atom is -0.262 e. The Morgan fingerprint density at radius 2 is 1.90 bits per heavy atom. The Balaban J connectivity index is 1.83. The van der Waals surface area contributed by atoms with E-state index in [1.165, 1.54) is 56.7 Å². The normalized spacial score (nSPS) is 15.1. The smallest absolute Gasteiger partial charge is 0.0426 e. The van der Waals surface area contributed by atoms with Crippen molar-refractivity contribution in [2.24, 2.45) is 5.41 Å². The lowest BCUT2D eigenvalue weighted by molar-refractivity contribution is 0.317. The van der Waals surface area contributed by atoms with Gasteiger partial charge in [0, 0.05) is 16.3 Å². The van der Waals surface area contributed by atoms with E-state index in [0.717, 1.165) is 19.4 Å². The number of aryl methyl sites for hydroxylation is 1. The molecule has 0 bridgehead atoms. The van der Waals surface area contributed by atoms with Crippen molar-refractivity contribution in [3.63, 3.8) is 0 Å². The molecule has 0 atom stereocenters. The molecule has 1 aromatic heterocycles. The van der Waals surface area contributed by atoms with Crippen LogP contribution in [0.3, 0.4) is 0 Å². The fourth-order valence-electron chi connectivity index (χ4n) is 4.58. The Bertz CT molecular complexity index is 1060. The van der Waals surface area contributed by atoms with Gasteiger partial charge in [-0.05, 0) is 83.0 Å². The summed E-state index contributed by atoms with van der Waals surface area (Å²) in [7, 11) is 0. The predicted molar refractivity (Wildman–Crippen MR) is 135 cm³/mol. The van der Waals surface area contributed by atoms with Gasteiger partial charge in [0.15, 0.2) is 0 Å². The summed E-state index contributed by atoms with van der Waals surface area (Å²) in [5.74, 6) is 0. The topological polar surface area (TPSA) is 12.0 Å². The third-order valence-electron chi connectivity index (χ3n) is 6.14. The Kier molecular flexibility index (Phi) is 6.24. The summed E-state index contributed by atoms with van der Waals surface area (Å²) in [6, 6.07) is 17.6. The van der Waals surface area contributed by atoms with Crippen LogP contribution in [0.4, 0.5) is 0 Å². The number of hydrogen-bond donors (Lipinski definition) is 2. The maximum absolute atomic E-state index is 4.38. The standard InChI is InChI=1S/C27H31NS2/c1-18(2)25-23-16-27(3,4)13-12-24(23)30-26(25)22-15-20(10-11-21(22)17-28-29)14-19-8-6-5-7-9-19/h5-11,15,28-29H,1,12-14,16-17H2,2-4H3. The quantitative estimate of drug-likeness (QED) is 0.384. The van der Waals surface area contributed by atoms with Crippen molar-refractivity contribution in [3.05, 3.63) is 87.8 Å². The SMILES string of the molecule is C=C(C)c1c(-c2cc(Cc3ccccc3)ccc2CNS)sc2c1CC(C)(C)CC2. The number of benzene rings is 2. The van der Waals surface area contributed by atoms with Crippen LogP contribution in [0.5, 0.6) is 0 Å². The molecule has 1 nitrogen and oxygen atoms in total. The molecule has 0 spiro atoms. The van der Waals surface area contributed by atoms with Gasteiger partial charge in [0.05, 0.1) is 0 Å². The van der Waals surface area contributed by atoms with Crippen molar-refractivity contribution in [1.82, 2.24) is 4.72 Å². The number of rotatable bonds is 6. The third kappa shape index (κ3) is 4.44. The summed E-state index contributed by atoms with van der Waals surface area (Å²) in [6.45, 7) is 12.1.